The topological polar surface area (TPSA) is 38.5 Å². The van der Waals surface area contributed by atoms with Gasteiger partial charge in [-0.15, -0.1) is 0 Å². The van der Waals surface area contributed by atoms with Crippen molar-refractivity contribution in [2.75, 3.05) is 18.1 Å². The third-order valence-corrected chi connectivity index (χ3v) is 9.95. The fourth-order valence-corrected chi connectivity index (χ4v) is 3.96. The van der Waals surface area contributed by atoms with Crippen molar-refractivity contribution in [2.24, 2.45) is 0 Å². The first-order valence-corrected chi connectivity index (χ1v) is 11.4. The first-order chi connectivity index (χ1) is 10.8. The predicted octanol–water partition coefficient (Wildman–Crippen LogP) is 4.82. The maximum atomic E-state index is 6.47. The van der Waals surface area contributed by atoms with Gasteiger partial charge in [0.2, 0.25) is 0 Å². The maximum absolute atomic E-state index is 6.47. The van der Waals surface area contributed by atoms with Crippen molar-refractivity contribution in [1.29, 1.82) is 0 Å². The Labute approximate surface area is 140 Å². The molecule has 1 aliphatic rings. The molecule has 0 N–H and O–H groups in total. The SMILES string of the molecule is CC(C)(C)[Si](C)(C)OCC1CCCN1c1nccc2occc12. The van der Waals surface area contributed by atoms with Crippen molar-refractivity contribution in [3.05, 3.63) is 24.6 Å². The molecular weight excluding hydrogens is 304 g/mol. The Kier molecular flexibility index (Phi) is 4.27. The molecule has 0 amide bonds. The lowest BCUT2D eigenvalue weighted by molar-refractivity contribution is 0.263. The quantitative estimate of drug-likeness (QED) is 0.753. The molecule has 2 aromatic heterocycles. The summed E-state index contributed by atoms with van der Waals surface area (Å²) >= 11 is 0. The number of hydrogen-bond donors (Lipinski definition) is 0. The molecule has 1 fully saturated rings. The first-order valence-electron chi connectivity index (χ1n) is 8.52. The van der Waals surface area contributed by atoms with E-state index in [-0.39, 0.29) is 5.04 Å². The molecule has 2 aromatic rings. The molecule has 0 bridgehead atoms. The van der Waals surface area contributed by atoms with Crippen LogP contribution in [0.15, 0.2) is 29.0 Å². The van der Waals surface area contributed by atoms with Crippen LogP contribution in [0.25, 0.3) is 11.0 Å². The van der Waals surface area contributed by atoms with E-state index >= 15 is 0 Å². The average molecular weight is 333 g/mol. The molecule has 0 saturated carbocycles. The van der Waals surface area contributed by atoms with Gasteiger partial charge in [0.15, 0.2) is 8.32 Å². The third kappa shape index (κ3) is 3.17. The number of anilines is 1. The standard InChI is InChI=1S/C18H28N2O2Si/c1-18(2,3)23(4,5)22-13-14-7-6-11-20(14)17-15-9-12-21-16(15)8-10-19-17/h8-10,12,14H,6-7,11,13H2,1-5H3. The van der Waals surface area contributed by atoms with Crippen molar-refractivity contribution in [1.82, 2.24) is 4.98 Å². The number of hydrogen-bond acceptors (Lipinski definition) is 4. The Morgan fingerprint density at radius 3 is 2.87 bits per heavy atom. The molecule has 1 aliphatic heterocycles. The highest BCUT2D eigenvalue weighted by Gasteiger charge is 2.38. The van der Waals surface area contributed by atoms with Gasteiger partial charge in [0, 0.05) is 12.7 Å². The van der Waals surface area contributed by atoms with Crippen LogP contribution in [0.5, 0.6) is 0 Å². The molecule has 3 rings (SSSR count). The summed E-state index contributed by atoms with van der Waals surface area (Å²) in [6, 6.07) is 4.36. The van der Waals surface area contributed by atoms with Crippen LogP contribution in [-0.4, -0.2) is 32.5 Å². The van der Waals surface area contributed by atoms with Crippen molar-refractivity contribution in [3.63, 3.8) is 0 Å². The van der Waals surface area contributed by atoms with Crippen LogP contribution < -0.4 is 4.90 Å². The van der Waals surface area contributed by atoms with Crippen LogP contribution in [0, 0.1) is 0 Å². The number of nitrogens with zero attached hydrogens (tertiary/aromatic N) is 2. The Morgan fingerprint density at radius 1 is 1.35 bits per heavy atom. The van der Waals surface area contributed by atoms with Crippen LogP contribution in [0.2, 0.25) is 18.1 Å². The number of pyridine rings is 1. The van der Waals surface area contributed by atoms with Crippen molar-refractivity contribution in [2.45, 2.75) is 57.8 Å². The second kappa shape index (κ2) is 5.95. The van der Waals surface area contributed by atoms with Gasteiger partial charge in [-0.25, -0.2) is 4.98 Å². The van der Waals surface area contributed by atoms with E-state index in [1.165, 1.54) is 12.8 Å². The second-order valence-electron chi connectivity index (χ2n) is 8.03. The molecule has 3 heterocycles. The van der Waals surface area contributed by atoms with E-state index in [0.717, 1.165) is 29.9 Å². The molecule has 0 aliphatic carbocycles. The van der Waals surface area contributed by atoms with E-state index in [1.54, 1.807) is 6.26 Å². The minimum absolute atomic E-state index is 0.249. The van der Waals surface area contributed by atoms with Gasteiger partial charge in [-0.2, -0.15) is 0 Å². The highest BCUT2D eigenvalue weighted by Crippen LogP contribution is 2.38. The lowest BCUT2D eigenvalue weighted by Gasteiger charge is -2.38. The number of aromatic nitrogens is 1. The highest BCUT2D eigenvalue weighted by molar-refractivity contribution is 6.74. The van der Waals surface area contributed by atoms with Crippen LogP contribution in [0.4, 0.5) is 5.82 Å². The van der Waals surface area contributed by atoms with Crippen LogP contribution >= 0.6 is 0 Å². The summed E-state index contributed by atoms with van der Waals surface area (Å²) in [6.45, 7) is 13.4. The zero-order valence-electron chi connectivity index (χ0n) is 14.9. The minimum atomic E-state index is -1.71. The lowest BCUT2D eigenvalue weighted by Crippen LogP contribution is -2.45. The van der Waals surface area contributed by atoms with Crippen molar-refractivity contribution < 1.29 is 8.84 Å². The summed E-state index contributed by atoms with van der Waals surface area (Å²) in [5, 5.41) is 1.35. The summed E-state index contributed by atoms with van der Waals surface area (Å²) in [4.78, 5) is 7.03. The fraction of sp³-hybridized carbons (Fsp3) is 0.611. The predicted molar refractivity (Wildman–Crippen MR) is 97.5 cm³/mol. The molecule has 126 valence electrons. The third-order valence-electron chi connectivity index (χ3n) is 5.45. The van der Waals surface area contributed by atoms with Crippen LogP contribution in [0.1, 0.15) is 33.6 Å². The summed E-state index contributed by atoms with van der Waals surface area (Å²) in [7, 11) is -1.71. The largest absolute Gasteiger partial charge is 0.464 e. The highest BCUT2D eigenvalue weighted by atomic mass is 28.4. The fourth-order valence-electron chi connectivity index (χ4n) is 2.92. The van der Waals surface area contributed by atoms with E-state index in [1.807, 2.05) is 18.3 Å². The Balaban J connectivity index is 1.77. The van der Waals surface area contributed by atoms with E-state index in [0.29, 0.717) is 6.04 Å². The van der Waals surface area contributed by atoms with Crippen molar-refractivity contribution >= 4 is 25.1 Å². The molecule has 1 unspecified atom stereocenters. The van der Waals surface area contributed by atoms with Gasteiger partial charge < -0.3 is 13.7 Å². The van der Waals surface area contributed by atoms with Gasteiger partial charge in [-0.05, 0) is 43.1 Å². The smallest absolute Gasteiger partial charge is 0.192 e. The zero-order valence-corrected chi connectivity index (χ0v) is 15.9. The van der Waals surface area contributed by atoms with Crippen molar-refractivity contribution in [3.8, 4) is 0 Å². The van der Waals surface area contributed by atoms with E-state index in [2.05, 4.69) is 43.7 Å². The number of rotatable bonds is 4. The van der Waals surface area contributed by atoms with Gasteiger partial charge in [-0.1, -0.05) is 20.8 Å². The number of furan rings is 1. The average Bonchev–Trinajstić information content (AvgIpc) is 3.12. The summed E-state index contributed by atoms with van der Waals surface area (Å²) in [5.74, 6) is 1.04. The normalized spacial score (nSPS) is 19.7. The molecule has 0 spiro atoms. The monoisotopic (exact) mass is 332 g/mol. The minimum Gasteiger partial charge on any atom is -0.464 e. The summed E-state index contributed by atoms with van der Waals surface area (Å²) < 4.78 is 12.0. The Bertz CT molecular complexity index is 675. The van der Waals surface area contributed by atoms with Crippen LogP contribution in [0.3, 0.4) is 0 Å². The Morgan fingerprint density at radius 2 is 2.13 bits per heavy atom. The maximum Gasteiger partial charge on any atom is 0.192 e. The molecule has 1 atom stereocenters. The lowest BCUT2D eigenvalue weighted by atomic mass is 10.2. The van der Waals surface area contributed by atoms with Gasteiger partial charge in [0.1, 0.15) is 11.4 Å². The van der Waals surface area contributed by atoms with Gasteiger partial charge >= 0.3 is 0 Å². The molecule has 5 heteroatoms. The molecule has 1 saturated heterocycles. The summed E-state index contributed by atoms with van der Waals surface area (Å²) in [6.07, 6.45) is 5.95. The van der Waals surface area contributed by atoms with Gasteiger partial charge in [0.05, 0.1) is 24.3 Å². The molecular formula is C18H28N2O2Si. The summed E-state index contributed by atoms with van der Waals surface area (Å²) in [5.41, 5.74) is 0.908. The van der Waals surface area contributed by atoms with Gasteiger partial charge in [0.25, 0.3) is 0 Å². The second-order valence-corrected chi connectivity index (χ2v) is 12.8. The first kappa shape index (κ1) is 16.5. The Hall–Kier alpha value is -1.33. The molecule has 23 heavy (non-hydrogen) atoms. The zero-order chi connectivity index (χ0) is 16.7. The molecule has 4 nitrogen and oxygen atoms in total. The number of fused-ring (bicyclic) bond motifs is 1. The van der Waals surface area contributed by atoms with E-state index < -0.39 is 8.32 Å². The van der Waals surface area contributed by atoms with Crippen LogP contribution in [-0.2, 0) is 4.43 Å². The molecule has 0 radical (unpaired) electrons. The van der Waals surface area contributed by atoms with E-state index in [4.69, 9.17) is 8.84 Å². The van der Waals surface area contributed by atoms with E-state index in [9.17, 15) is 0 Å². The van der Waals surface area contributed by atoms with Gasteiger partial charge in [-0.3, -0.25) is 0 Å². The molecule has 0 aromatic carbocycles.